The molecule has 1 aromatic heterocycles. The van der Waals surface area contributed by atoms with E-state index in [4.69, 9.17) is 17.0 Å². The fourth-order valence-corrected chi connectivity index (χ4v) is 0.986. The minimum absolute atomic E-state index is 0.528. The molecule has 0 bridgehead atoms. The molecule has 6 heteroatoms. The summed E-state index contributed by atoms with van der Waals surface area (Å²) in [7, 11) is 5.14. The number of aryl methyl sites for hydroxylation is 1. The van der Waals surface area contributed by atoms with Crippen LogP contribution in [-0.4, -0.2) is 29.1 Å². The van der Waals surface area contributed by atoms with Crippen LogP contribution < -0.4 is 15.4 Å². The first-order chi connectivity index (χ1) is 6.17. The average molecular weight is 200 g/mol. The van der Waals surface area contributed by atoms with Crippen molar-refractivity contribution >= 4 is 23.1 Å². The largest absolute Gasteiger partial charge is 0.481 e. The third-order valence-electron chi connectivity index (χ3n) is 1.51. The van der Waals surface area contributed by atoms with Gasteiger partial charge < -0.3 is 15.4 Å². The zero-order chi connectivity index (χ0) is 9.84. The van der Waals surface area contributed by atoms with Crippen LogP contribution >= 0.6 is 12.2 Å². The molecule has 13 heavy (non-hydrogen) atoms. The summed E-state index contributed by atoms with van der Waals surface area (Å²) in [6.07, 6.45) is 0. The predicted octanol–water partition coefficient (Wildman–Crippen LogP) is 0.345. The van der Waals surface area contributed by atoms with Gasteiger partial charge in [-0.3, -0.25) is 0 Å². The van der Waals surface area contributed by atoms with Crippen LogP contribution in [0.1, 0.15) is 0 Å². The highest BCUT2D eigenvalue weighted by Crippen LogP contribution is 2.14. The quantitative estimate of drug-likeness (QED) is 0.674. The van der Waals surface area contributed by atoms with Crippen LogP contribution in [0, 0.1) is 0 Å². The molecule has 0 atom stereocenters. The smallest absolute Gasteiger partial charge is 0.213 e. The van der Waals surface area contributed by atoms with Crippen molar-refractivity contribution < 1.29 is 4.74 Å². The molecule has 1 heterocycles. The van der Waals surface area contributed by atoms with E-state index in [9.17, 15) is 0 Å². The van der Waals surface area contributed by atoms with Crippen molar-refractivity contribution in [3.63, 3.8) is 0 Å². The molecular weight excluding hydrogens is 188 g/mol. The molecular formula is C7H12N4OS. The number of nitrogens with zero attached hydrogens (tertiary/aromatic N) is 2. The van der Waals surface area contributed by atoms with E-state index in [-0.39, 0.29) is 0 Å². The van der Waals surface area contributed by atoms with Crippen molar-refractivity contribution in [3.8, 4) is 5.88 Å². The third kappa shape index (κ3) is 2.32. The lowest BCUT2D eigenvalue weighted by Crippen LogP contribution is -2.24. The van der Waals surface area contributed by atoms with Gasteiger partial charge in [-0.15, -0.1) is 0 Å². The van der Waals surface area contributed by atoms with Crippen molar-refractivity contribution in [2.24, 2.45) is 7.05 Å². The zero-order valence-electron chi connectivity index (χ0n) is 7.79. The molecule has 0 amide bonds. The van der Waals surface area contributed by atoms with E-state index in [1.165, 1.54) is 0 Å². The van der Waals surface area contributed by atoms with Crippen LogP contribution in [0.3, 0.4) is 0 Å². The standard InChI is InChI=1S/C7H12N4OS/c1-8-7(13)9-5-4-6(12-3)11(2)10-5/h4H,1-3H3,(H2,8,9,10,13). The van der Waals surface area contributed by atoms with Crippen LogP contribution in [0.2, 0.25) is 0 Å². The first kappa shape index (κ1) is 9.79. The van der Waals surface area contributed by atoms with E-state index >= 15 is 0 Å². The second kappa shape index (κ2) is 4.08. The first-order valence-electron chi connectivity index (χ1n) is 3.74. The molecule has 0 fully saturated rings. The Bertz CT molecular complexity index is 309. The second-order valence-electron chi connectivity index (χ2n) is 2.40. The normalized spacial score (nSPS) is 9.46. The summed E-state index contributed by atoms with van der Waals surface area (Å²) in [5.74, 6) is 1.35. The van der Waals surface area contributed by atoms with Crippen molar-refractivity contribution in [3.05, 3.63) is 6.07 Å². The predicted molar refractivity (Wildman–Crippen MR) is 55.0 cm³/mol. The zero-order valence-corrected chi connectivity index (χ0v) is 8.60. The van der Waals surface area contributed by atoms with E-state index in [0.29, 0.717) is 16.8 Å². The Morgan fingerprint density at radius 1 is 1.69 bits per heavy atom. The monoisotopic (exact) mass is 200 g/mol. The Labute approximate surface area is 82.1 Å². The molecule has 0 aliphatic carbocycles. The maximum Gasteiger partial charge on any atom is 0.213 e. The maximum atomic E-state index is 5.04. The first-order valence-corrected chi connectivity index (χ1v) is 4.15. The van der Waals surface area contributed by atoms with Gasteiger partial charge in [0.1, 0.15) is 0 Å². The minimum Gasteiger partial charge on any atom is -0.481 e. The molecule has 0 aliphatic heterocycles. The SMILES string of the molecule is CNC(=S)Nc1cc(OC)n(C)n1. The van der Waals surface area contributed by atoms with Crippen molar-refractivity contribution in [1.82, 2.24) is 15.1 Å². The molecule has 1 aromatic rings. The van der Waals surface area contributed by atoms with Gasteiger partial charge in [-0.2, -0.15) is 5.10 Å². The molecule has 0 unspecified atom stereocenters. The maximum absolute atomic E-state index is 5.04. The number of aromatic nitrogens is 2. The Morgan fingerprint density at radius 3 is 2.85 bits per heavy atom. The lowest BCUT2D eigenvalue weighted by molar-refractivity contribution is 0.373. The molecule has 0 aromatic carbocycles. The van der Waals surface area contributed by atoms with Crippen molar-refractivity contribution in [2.45, 2.75) is 0 Å². The van der Waals surface area contributed by atoms with Gasteiger partial charge in [-0.25, -0.2) is 4.68 Å². The van der Waals surface area contributed by atoms with Gasteiger partial charge in [0, 0.05) is 20.2 Å². The summed E-state index contributed by atoms with van der Waals surface area (Å²) in [6.45, 7) is 0. The molecule has 72 valence electrons. The van der Waals surface area contributed by atoms with Crippen LogP contribution in [0.4, 0.5) is 5.82 Å². The highest BCUT2D eigenvalue weighted by molar-refractivity contribution is 7.80. The van der Waals surface area contributed by atoms with Crippen LogP contribution in [0.25, 0.3) is 0 Å². The Morgan fingerprint density at radius 2 is 2.38 bits per heavy atom. The third-order valence-corrected chi connectivity index (χ3v) is 1.82. The second-order valence-corrected chi connectivity index (χ2v) is 2.81. The van der Waals surface area contributed by atoms with E-state index in [0.717, 1.165) is 0 Å². The fourth-order valence-electron chi connectivity index (χ4n) is 0.881. The lowest BCUT2D eigenvalue weighted by atomic mass is 10.6. The summed E-state index contributed by atoms with van der Waals surface area (Å²) in [5, 5.41) is 10.3. The Hall–Kier alpha value is -1.30. The van der Waals surface area contributed by atoms with Gasteiger partial charge in [0.2, 0.25) is 5.88 Å². The molecule has 2 N–H and O–H groups in total. The summed E-state index contributed by atoms with van der Waals surface area (Å²) in [6, 6.07) is 1.77. The average Bonchev–Trinajstić information content (AvgIpc) is 2.46. The van der Waals surface area contributed by atoms with Gasteiger partial charge in [-0.1, -0.05) is 0 Å². The van der Waals surface area contributed by atoms with Gasteiger partial charge in [0.25, 0.3) is 0 Å². The summed E-state index contributed by atoms with van der Waals surface area (Å²) in [5.41, 5.74) is 0. The number of anilines is 1. The molecule has 0 spiro atoms. The fraction of sp³-hybridized carbons (Fsp3) is 0.429. The number of nitrogens with one attached hydrogen (secondary N) is 2. The van der Waals surface area contributed by atoms with Gasteiger partial charge >= 0.3 is 0 Å². The number of methoxy groups -OCH3 is 1. The topological polar surface area (TPSA) is 51.1 Å². The number of hydrogen-bond donors (Lipinski definition) is 2. The molecule has 0 saturated heterocycles. The number of rotatable bonds is 2. The Kier molecular flexibility index (Phi) is 3.07. The van der Waals surface area contributed by atoms with Gasteiger partial charge in [0.15, 0.2) is 10.9 Å². The number of thiocarbonyl (C=S) groups is 1. The van der Waals surface area contributed by atoms with Crippen molar-refractivity contribution in [1.29, 1.82) is 0 Å². The van der Waals surface area contributed by atoms with E-state index in [1.807, 2.05) is 0 Å². The van der Waals surface area contributed by atoms with Crippen LogP contribution in [0.5, 0.6) is 5.88 Å². The molecule has 0 radical (unpaired) electrons. The number of hydrogen-bond acceptors (Lipinski definition) is 3. The minimum atomic E-state index is 0.528. The molecule has 0 saturated carbocycles. The van der Waals surface area contributed by atoms with Gasteiger partial charge in [0.05, 0.1) is 7.11 Å². The summed E-state index contributed by atoms with van der Waals surface area (Å²) < 4.78 is 6.66. The Balaban J connectivity index is 2.73. The van der Waals surface area contributed by atoms with Crippen LogP contribution in [-0.2, 0) is 7.05 Å². The van der Waals surface area contributed by atoms with Crippen LogP contribution in [0.15, 0.2) is 6.07 Å². The van der Waals surface area contributed by atoms with E-state index in [2.05, 4.69) is 15.7 Å². The summed E-state index contributed by atoms with van der Waals surface area (Å²) >= 11 is 4.91. The number of ether oxygens (including phenoxy) is 1. The van der Waals surface area contributed by atoms with Crippen molar-refractivity contribution in [2.75, 3.05) is 19.5 Å². The molecule has 5 nitrogen and oxygen atoms in total. The molecule has 0 aliphatic rings. The summed E-state index contributed by atoms with van der Waals surface area (Å²) in [4.78, 5) is 0. The van der Waals surface area contributed by atoms with E-state index < -0.39 is 0 Å². The van der Waals surface area contributed by atoms with Gasteiger partial charge in [-0.05, 0) is 12.2 Å². The highest BCUT2D eigenvalue weighted by Gasteiger charge is 2.04. The highest BCUT2D eigenvalue weighted by atomic mass is 32.1. The molecule has 1 rings (SSSR count). The van der Waals surface area contributed by atoms with E-state index in [1.54, 1.807) is 32.0 Å². The lowest BCUT2D eigenvalue weighted by Gasteiger charge is -2.01.